The number of carbonyl (C=O) groups excluding carboxylic acids is 2. The predicted octanol–water partition coefficient (Wildman–Crippen LogP) is 3.68. The van der Waals surface area contributed by atoms with Crippen LogP contribution in [0.4, 0.5) is 0 Å². The van der Waals surface area contributed by atoms with Crippen molar-refractivity contribution in [3.63, 3.8) is 0 Å². The third-order valence-electron chi connectivity index (χ3n) is 5.69. The molecule has 31 heavy (non-hydrogen) atoms. The van der Waals surface area contributed by atoms with E-state index in [1.165, 1.54) is 0 Å². The molecule has 2 aromatic rings. The minimum absolute atomic E-state index is 0.0375. The van der Waals surface area contributed by atoms with Gasteiger partial charge in [-0.15, -0.1) is 0 Å². The van der Waals surface area contributed by atoms with E-state index in [4.69, 9.17) is 4.74 Å². The molecular weight excluding hydrogens is 392 g/mol. The van der Waals surface area contributed by atoms with Gasteiger partial charge in [-0.25, -0.2) is 0 Å². The summed E-state index contributed by atoms with van der Waals surface area (Å²) in [6, 6.07) is 7.41. The second kappa shape index (κ2) is 8.73. The van der Waals surface area contributed by atoms with E-state index >= 15 is 0 Å². The first kappa shape index (κ1) is 22.8. The van der Waals surface area contributed by atoms with Crippen molar-refractivity contribution in [2.75, 3.05) is 33.3 Å². The van der Waals surface area contributed by atoms with Crippen LogP contribution < -0.4 is 4.74 Å². The zero-order chi connectivity index (χ0) is 22.9. The molecule has 2 heterocycles. The standard InChI is InChI=1S/C24H34N4O3/c1-16(2)20-15-19(25-28(20)24(4,5)6)23(30)27-12-10-26(11-13-27)22(29)18-9-8-17(3)21(14-18)31-7/h8-9,14-16H,10-13H2,1-7H3. The van der Waals surface area contributed by atoms with E-state index in [9.17, 15) is 9.59 Å². The number of aryl methyl sites for hydroxylation is 1. The Kier molecular flexibility index (Phi) is 6.43. The van der Waals surface area contributed by atoms with Gasteiger partial charge in [-0.1, -0.05) is 19.9 Å². The largest absolute Gasteiger partial charge is 0.496 e. The summed E-state index contributed by atoms with van der Waals surface area (Å²) in [5.74, 6) is 0.864. The number of amides is 2. The molecule has 1 saturated heterocycles. The fourth-order valence-electron chi connectivity index (χ4n) is 3.86. The second-order valence-corrected chi connectivity index (χ2v) is 9.46. The van der Waals surface area contributed by atoms with Crippen LogP contribution in [0.1, 0.15) is 72.6 Å². The monoisotopic (exact) mass is 426 g/mol. The quantitative estimate of drug-likeness (QED) is 0.748. The zero-order valence-electron chi connectivity index (χ0n) is 19.7. The van der Waals surface area contributed by atoms with Gasteiger partial charge in [-0.05, 0) is 57.4 Å². The van der Waals surface area contributed by atoms with Gasteiger partial charge in [0, 0.05) is 37.4 Å². The van der Waals surface area contributed by atoms with Crippen LogP contribution in [-0.4, -0.2) is 64.7 Å². The van der Waals surface area contributed by atoms with Crippen LogP contribution in [0.25, 0.3) is 0 Å². The highest BCUT2D eigenvalue weighted by Crippen LogP contribution is 2.25. The highest BCUT2D eigenvalue weighted by atomic mass is 16.5. The molecule has 0 saturated carbocycles. The number of hydrogen-bond acceptors (Lipinski definition) is 4. The smallest absolute Gasteiger partial charge is 0.274 e. The van der Waals surface area contributed by atoms with Crippen molar-refractivity contribution in [1.29, 1.82) is 0 Å². The highest BCUT2D eigenvalue weighted by Gasteiger charge is 2.29. The molecule has 0 bridgehead atoms. The van der Waals surface area contributed by atoms with Crippen molar-refractivity contribution in [3.05, 3.63) is 46.8 Å². The van der Waals surface area contributed by atoms with Crippen LogP contribution in [0.3, 0.4) is 0 Å². The van der Waals surface area contributed by atoms with Crippen LogP contribution in [0.15, 0.2) is 24.3 Å². The van der Waals surface area contributed by atoms with Crippen LogP contribution in [0.5, 0.6) is 5.75 Å². The molecule has 3 rings (SSSR count). The number of methoxy groups -OCH3 is 1. The Morgan fingerprint density at radius 2 is 1.58 bits per heavy atom. The Morgan fingerprint density at radius 1 is 1.00 bits per heavy atom. The van der Waals surface area contributed by atoms with E-state index in [0.717, 1.165) is 11.3 Å². The lowest BCUT2D eigenvalue weighted by atomic mass is 10.1. The summed E-state index contributed by atoms with van der Waals surface area (Å²) in [7, 11) is 1.60. The van der Waals surface area contributed by atoms with E-state index in [1.54, 1.807) is 23.0 Å². The number of nitrogens with zero attached hydrogens (tertiary/aromatic N) is 4. The van der Waals surface area contributed by atoms with Crippen LogP contribution in [0.2, 0.25) is 0 Å². The minimum Gasteiger partial charge on any atom is -0.496 e. The predicted molar refractivity (Wildman–Crippen MR) is 121 cm³/mol. The first-order valence-corrected chi connectivity index (χ1v) is 10.9. The summed E-state index contributed by atoms with van der Waals surface area (Å²) in [4.78, 5) is 29.6. The molecule has 1 aromatic carbocycles. The maximum Gasteiger partial charge on any atom is 0.274 e. The fourth-order valence-corrected chi connectivity index (χ4v) is 3.86. The topological polar surface area (TPSA) is 67.7 Å². The Hall–Kier alpha value is -2.83. The summed E-state index contributed by atoms with van der Waals surface area (Å²) in [5, 5.41) is 4.64. The number of hydrogen-bond donors (Lipinski definition) is 0. The number of carbonyl (C=O) groups is 2. The molecule has 1 aliphatic heterocycles. The number of rotatable bonds is 4. The maximum absolute atomic E-state index is 13.1. The molecule has 7 nitrogen and oxygen atoms in total. The Bertz CT molecular complexity index is 964. The number of ether oxygens (including phenoxy) is 1. The van der Waals surface area contributed by atoms with E-state index < -0.39 is 0 Å². The van der Waals surface area contributed by atoms with Gasteiger partial charge in [0.05, 0.1) is 12.6 Å². The number of benzene rings is 1. The van der Waals surface area contributed by atoms with Gasteiger partial charge in [-0.2, -0.15) is 5.10 Å². The van der Waals surface area contributed by atoms with Gasteiger partial charge in [-0.3, -0.25) is 14.3 Å². The minimum atomic E-state index is -0.196. The van der Waals surface area contributed by atoms with Crippen LogP contribution >= 0.6 is 0 Å². The van der Waals surface area contributed by atoms with Gasteiger partial charge < -0.3 is 14.5 Å². The molecule has 0 N–H and O–H groups in total. The lowest BCUT2D eigenvalue weighted by molar-refractivity contribution is 0.0531. The molecule has 2 amide bonds. The lowest BCUT2D eigenvalue weighted by Gasteiger charge is -2.34. The fraction of sp³-hybridized carbons (Fsp3) is 0.542. The molecule has 0 spiro atoms. The Labute approximate surface area is 185 Å². The lowest BCUT2D eigenvalue weighted by Crippen LogP contribution is -2.50. The van der Waals surface area contributed by atoms with Crippen molar-refractivity contribution in [1.82, 2.24) is 19.6 Å². The molecule has 0 atom stereocenters. The second-order valence-electron chi connectivity index (χ2n) is 9.46. The molecule has 168 valence electrons. The average Bonchev–Trinajstić information content (AvgIpc) is 3.20. The number of piperazine rings is 1. The van der Waals surface area contributed by atoms with Gasteiger partial charge >= 0.3 is 0 Å². The Morgan fingerprint density at radius 3 is 2.06 bits per heavy atom. The van der Waals surface area contributed by atoms with Crippen molar-refractivity contribution in [3.8, 4) is 5.75 Å². The third-order valence-corrected chi connectivity index (χ3v) is 5.69. The van der Waals surface area contributed by atoms with E-state index in [1.807, 2.05) is 29.8 Å². The van der Waals surface area contributed by atoms with Crippen LogP contribution in [-0.2, 0) is 5.54 Å². The molecule has 0 aliphatic carbocycles. The normalized spacial score (nSPS) is 14.8. The summed E-state index contributed by atoms with van der Waals surface area (Å²) in [6.45, 7) is 14.4. The number of aromatic nitrogens is 2. The molecule has 0 radical (unpaired) electrons. The molecule has 0 unspecified atom stereocenters. The average molecular weight is 427 g/mol. The van der Waals surface area contributed by atoms with Gasteiger partial charge in [0.2, 0.25) is 0 Å². The first-order valence-electron chi connectivity index (χ1n) is 10.9. The zero-order valence-corrected chi connectivity index (χ0v) is 19.7. The summed E-state index contributed by atoms with van der Waals surface area (Å²) < 4.78 is 7.29. The van der Waals surface area contributed by atoms with E-state index in [2.05, 4.69) is 39.7 Å². The highest BCUT2D eigenvalue weighted by molar-refractivity contribution is 5.95. The van der Waals surface area contributed by atoms with Gasteiger partial charge in [0.25, 0.3) is 11.8 Å². The molecule has 1 aliphatic rings. The van der Waals surface area contributed by atoms with E-state index in [0.29, 0.717) is 43.2 Å². The first-order chi connectivity index (χ1) is 14.5. The summed E-state index contributed by atoms with van der Waals surface area (Å²) in [5.41, 5.74) is 2.93. The van der Waals surface area contributed by atoms with E-state index in [-0.39, 0.29) is 23.3 Å². The van der Waals surface area contributed by atoms with Gasteiger partial charge in [0.1, 0.15) is 5.75 Å². The van der Waals surface area contributed by atoms with Crippen LogP contribution in [0, 0.1) is 6.92 Å². The molecule has 1 aromatic heterocycles. The van der Waals surface area contributed by atoms with Crippen molar-refractivity contribution in [2.24, 2.45) is 0 Å². The van der Waals surface area contributed by atoms with Gasteiger partial charge in [0.15, 0.2) is 5.69 Å². The summed E-state index contributed by atoms with van der Waals surface area (Å²) >= 11 is 0. The Balaban J connectivity index is 1.70. The maximum atomic E-state index is 13.1. The van der Waals surface area contributed by atoms with Crippen molar-refractivity contribution < 1.29 is 14.3 Å². The molecular formula is C24H34N4O3. The SMILES string of the molecule is COc1cc(C(=O)N2CCN(C(=O)c3cc(C(C)C)n(C(C)(C)C)n3)CC2)ccc1C. The summed E-state index contributed by atoms with van der Waals surface area (Å²) in [6.07, 6.45) is 0. The van der Waals surface area contributed by atoms with Crippen molar-refractivity contribution >= 4 is 11.8 Å². The molecule has 1 fully saturated rings. The third kappa shape index (κ3) is 4.75. The molecule has 7 heteroatoms. The van der Waals surface area contributed by atoms with Crippen molar-refractivity contribution in [2.45, 2.75) is 53.0 Å².